The SMILES string of the molecule is CCOC1CC(NC(=O)C2(C#N)CC(C)C2)C1. The Bertz CT molecular complexity index is 336. The normalized spacial score (nSPS) is 39.7. The minimum absolute atomic E-state index is 0.0713. The second-order valence-electron chi connectivity index (χ2n) is 5.43. The molecule has 0 bridgehead atoms. The molecule has 1 amide bonds. The van der Waals surface area contributed by atoms with Crippen LogP contribution in [0.25, 0.3) is 0 Å². The van der Waals surface area contributed by atoms with Crippen LogP contribution in [0.4, 0.5) is 0 Å². The van der Waals surface area contributed by atoms with Crippen molar-refractivity contribution in [2.24, 2.45) is 11.3 Å². The van der Waals surface area contributed by atoms with Crippen molar-refractivity contribution in [2.45, 2.75) is 51.7 Å². The molecule has 0 unspecified atom stereocenters. The second kappa shape index (κ2) is 4.66. The van der Waals surface area contributed by atoms with Crippen molar-refractivity contribution in [2.75, 3.05) is 6.61 Å². The summed E-state index contributed by atoms with van der Waals surface area (Å²) in [5, 5.41) is 12.1. The van der Waals surface area contributed by atoms with Crippen molar-refractivity contribution >= 4 is 5.91 Å². The third-order valence-electron chi connectivity index (χ3n) is 3.87. The Balaban J connectivity index is 1.77. The predicted octanol–water partition coefficient (Wildman–Crippen LogP) is 1.61. The van der Waals surface area contributed by atoms with E-state index in [9.17, 15) is 4.79 Å². The van der Waals surface area contributed by atoms with Crippen molar-refractivity contribution in [3.63, 3.8) is 0 Å². The van der Waals surface area contributed by atoms with Crippen LogP contribution in [0.15, 0.2) is 0 Å². The summed E-state index contributed by atoms with van der Waals surface area (Å²) < 4.78 is 5.44. The van der Waals surface area contributed by atoms with Gasteiger partial charge in [-0.25, -0.2) is 0 Å². The Hall–Kier alpha value is -1.08. The molecule has 2 rings (SSSR count). The second-order valence-corrected chi connectivity index (χ2v) is 5.43. The minimum Gasteiger partial charge on any atom is -0.378 e. The topological polar surface area (TPSA) is 62.1 Å². The first-order valence-corrected chi connectivity index (χ1v) is 6.43. The molecule has 0 atom stereocenters. The summed E-state index contributed by atoms with van der Waals surface area (Å²) >= 11 is 0. The number of rotatable bonds is 4. The van der Waals surface area contributed by atoms with Gasteiger partial charge in [-0.1, -0.05) is 6.92 Å². The number of carbonyl (C=O) groups is 1. The molecule has 0 aromatic rings. The smallest absolute Gasteiger partial charge is 0.240 e. The van der Waals surface area contributed by atoms with Gasteiger partial charge in [0.2, 0.25) is 5.91 Å². The summed E-state index contributed by atoms with van der Waals surface area (Å²) in [4.78, 5) is 12.0. The molecule has 17 heavy (non-hydrogen) atoms. The Kier molecular flexibility index (Phi) is 3.39. The van der Waals surface area contributed by atoms with Crippen LogP contribution in [0.2, 0.25) is 0 Å². The van der Waals surface area contributed by atoms with Gasteiger partial charge in [0.1, 0.15) is 5.41 Å². The first-order valence-electron chi connectivity index (χ1n) is 6.43. The number of hydrogen-bond donors (Lipinski definition) is 1. The van der Waals surface area contributed by atoms with Crippen LogP contribution in [0.5, 0.6) is 0 Å². The molecule has 0 aromatic heterocycles. The number of nitrogens with zero attached hydrogens (tertiary/aromatic N) is 1. The van der Waals surface area contributed by atoms with E-state index in [1.807, 2.05) is 6.92 Å². The maximum Gasteiger partial charge on any atom is 0.240 e. The van der Waals surface area contributed by atoms with Crippen LogP contribution in [0, 0.1) is 22.7 Å². The number of hydrogen-bond acceptors (Lipinski definition) is 3. The predicted molar refractivity (Wildman–Crippen MR) is 63.0 cm³/mol. The molecule has 2 fully saturated rings. The minimum atomic E-state index is -0.740. The average Bonchev–Trinajstić information content (AvgIpc) is 2.21. The zero-order valence-corrected chi connectivity index (χ0v) is 10.5. The lowest BCUT2D eigenvalue weighted by atomic mass is 9.63. The zero-order chi connectivity index (χ0) is 12.5. The van der Waals surface area contributed by atoms with Gasteiger partial charge >= 0.3 is 0 Å². The monoisotopic (exact) mass is 236 g/mol. The molecule has 4 heteroatoms. The molecule has 1 N–H and O–H groups in total. The van der Waals surface area contributed by atoms with Crippen LogP contribution in [0.3, 0.4) is 0 Å². The van der Waals surface area contributed by atoms with E-state index in [1.165, 1.54) is 0 Å². The van der Waals surface area contributed by atoms with Crippen LogP contribution in [-0.4, -0.2) is 24.7 Å². The van der Waals surface area contributed by atoms with Gasteiger partial charge in [-0.15, -0.1) is 0 Å². The van der Waals surface area contributed by atoms with E-state index in [0.717, 1.165) is 19.4 Å². The molecule has 2 saturated carbocycles. The highest BCUT2D eigenvalue weighted by molar-refractivity contribution is 5.86. The van der Waals surface area contributed by atoms with Crippen molar-refractivity contribution in [3.8, 4) is 6.07 Å². The standard InChI is InChI=1S/C13H20N2O2/c1-3-17-11-4-10(5-11)15-12(16)13(8-14)6-9(2)7-13/h9-11H,3-7H2,1-2H3,(H,15,16). The van der Waals surface area contributed by atoms with Gasteiger partial charge in [0.25, 0.3) is 0 Å². The summed E-state index contributed by atoms with van der Waals surface area (Å²) in [6, 6.07) is 2.40. The van der Waals surface area contributed by atoms with Crippen molar-refractivity contribution in [1.82, 2.24) is 5.32 Å². The zero-order valence-electron chi connectivity index (χ0n) is 10.5. The molecular formula is C13H20N2O2. The van der Waals surface area contributed by atoms with Gasteiger partial charge in [-0.3, -0.25) is 4.79 Å². The third-order valence-corrected chi connectivity index (χ3v) is 3.87. The van der Waals surface area contributed by atoms with Gasteiger partial charge in [0.15, 0.2) is 0 Å². The van der Waals surface area contributed by atoms with Gasteiger partial charge in [-0.05, 0) is 38.5 Å². The molecule has 0 aliphatic heterocycles. The fraction of sp³-hybridized carbons (Fsp3) is 0.846. The first kappa shape index (κ1) is 12.4. The van der Waals surface area contributed by atoms with E-state index < -0.39 is 5.41 Å². The number of ether oxygens (including phenoxy) is 1. The van der Waals surface area contributed by atoms with E-state index in [-0.39, 0.29) is 11.9 Å². The van der Waals surface area contributed by atoms with Crippen molar-refractivity contribution in [3.05, 3.63) is 0 Å². The fourth-order valence-corrected chi connectivity index (χ4v) is 2.84. The lowest BCUT2D eigenvalue weighted by Gasteiger charge is -2.42. The number of amides is 1. The van der Waals surface area contributed by atoms with E-state index in [4.69, 9.17) is 10.00 Å². The molecule has 0 saturated heterocycles. The number of carbonyl (C=O) groups excluding carboxylic acids is 1. The summed E-state index contributed by atoms with van der Waals surface area (Å²) in [6.07, 6.45) is 3.48. The summed E-state index contributed by atoms with van der Waals surface area (Å²) in [5.74, 6) is 0.427. The molecule has 4 nitrogen and oxygen atoms in total. The lowest BCUT2D eigenvalue weighted by molar-refractivity contribution is -0.136. The highest BCUT2D eigenvalue weighted by Gasteiger charge is 2.50. The Morgan fingerprint density at radius 2 is 2.18 bits per heavy atom. The van der Waals surface area contributed by atoms with Gasteiger partial charge in [0, 0.05) is 12.6 Å². The highest BCUT2D eigenvalue weighted by Crippen LogP contribution is 2.45. The molecule has 0 radical (unpaired) electrons. The van der Waals surface area contributed by atoms with E-state index in [1.54, 1.807) is 0 Å². The van der Waals surface area contributed by atoms with Crippen LogP contribution < -0.4 is 5.32 Å². The molecular weight excluding hydrogens is 216 g/mol. The van der Waals surface area contributed by atoms with Gasteiger partial charge < -0.3 is 10.1 Å². The molecule has 0 heterocycles. The molecule has 94 valence electrons. The molecule has 0 aromatic carbocycles. The van der Waals surface area contributed by atoms with Crippen LogP contribution >= 0.6 is 0 Å². The van der Waals surface area contributed by atoms with Crippen molar-refractivity contribution in [1.29, 1.82) is 5.26 Å². The third kappa shape index (κ3) is 2.30. The maximum atomic E-state index is 12.0. The number of nitriles is 1. The van der Waals surface area contributed by atoms with Crippen LogP contribution in [0.1, 0.15) is 39.5 Å². The maximum absolute atomic E-state index is 12.0. The van der Waals surface area contributed by atoms with E-state index >= 15 is 0 Å². The summed E-state index contributed by atoms with van der Waals surface area (Å²) in [7, 11) is 0. The highest BCUT2D eigenvalue weighted by atomic mass is 16.5. The Labute approximate surface area is 102 Å². The molecule has 0 spiro atoms. The lowest BCUT2D eigenvalue weighted by Crippen LogP contribution is -2.55. The van der Waals surface area contributed by atoms with E-state index in [0.29, 0.717) is 24.9 Å². The van der Waals surface area contributed by atoms with Gasteiger partial charge in [-0.2, -0.15) is 5.26 Å². The first-order chi connectivity index (χ1) is 8.09. The largest absolute Gasteiger partial charge is 0.378 e. The quantitative estimate of drug-likeness (QED) is 0.806. The molecule has 2 aliphatic carbocycles. The Morgan fingerprint density at radius 1 is 1.53 bits per heavy atom. The summed E-state index contributed by atoms with van der Waals surface area (Å²) in [6.45, 7) is 4.79. The fourth-order valence-electron chi connectivity index (χ4n) is 2.84. The van der Waals surface area contributed by atoms with Gasteiger partial charge in [0.05, 0.1) is 12.2 Å². The molecule has 2 aliphatic rings. The van der Waals surface area contributed by atoms with Crippen LogP contribution in [-0.2, 0) is 9.53 Å². The van der Waals surface area contributed by atoms with Crippen molar-refractivity contribution < 1.29 is 9.53 Å². The Morgan fingerprint density at radius 3 is 2.65 bits per heavy atom. The summed E-state index contributed by atoms with van der Waals surface area (Å²) in [5.41, 5.74) is -0.740. The average molecular weight is 236 g/mol. The number of nitrogens with one attached hydrogen (secondary N) is 1. The van der Waals surface area contributed by atoms with E-state index in [2.05, 4.69) is 18.3 Å².